The summed E-state index contributed by atoms with van der Waals surface area (Å²) >= 11 is 0. The summed E-state index contributed by atoms with van der Waals surface area (Å²) in [7, 11) is 1.35. The summed E-state index contributed by atoms with van der Waals surface area (Å²) in [6.07, 6.45) is 0. The third-order valence-electron chi connectivity index (χ3n) is 7.52. The van der Waals surface area contributed by atoms with E-state index in [1.165, 1.54) is 7.11 Å². The first kappa shape index (κ1) is 25.4. The smallest absolute Gasteiger partial charge is 0.336 e. The van der Waals surface area contributed by atoms with Crippen LogP contribution >= 0.6 is 0 Å². The molecular weight excluding hydrogens is 502 g/mol. The molecule has 1 aliphatic carbocycles. The van der Waals surface area contributed by atoms with E-state index in [9.17, 15) is 9.59 Å². The molecule has 1 N–H and O–H groups in total. The Labute approximate surface area is 232 Å². The van der Waals surface area contributed by atoms with E-state index in [-0.39, 0.29) is 5.78 Å². The van der Waals surface area contributed by atoms with Crippen molar-refractivity contribution >= 4 is 28.2 Å². The second-order valence-corrected chi connectivity index (χ2v) is 9.82. The van der Waals surface area contributed by atoms with Crippen molar-refractivity contribution in [3.63, 3.8) is 0 Å². The first-order valence-corrected chi connectivity index (χ1v) is 13.3. The topological polar surface area (TPSA) is 73.9 Å². The molecule has 0 spiro atoms. The summed E-state index contributed by atoms with van der Waals surface area (Å²) in [5, 5.41) is 5.60. The van der Waals surface area contributed by atoms with E-state index in [0.717, 1.165) is 33.2 Å². The minimum absolute atomic E-state index is 0.105. The van der Waals surface area contributed by atoms with Gasteiger partial charge in [-0.25, -0.2) is 4.79 Å². The molecule has 0 aromatic heterocycles. The molecule has 0 bridgehead atoms. The Morgan fingerprint density at radius 2 is 1.62 bits per heavy atom. The number of carbonyl (C=O) groups is 2. The molecule has 0 fully saturated rings. The number of hydrogen-bond acceptors (Lipinski definition) is 6. The second-order valence-electron chi connectivity index (χ2n) is 9.82. The first-order valence-electron chi connectivity index (χ1n) is 13.3. The number of methoxy groups -OCH3 is 1. The van der Waals surface area contributed by atoms with Gasteiger partial charge in [0.05, 0.1) is 25.0 Å². The Balaban J connectivity index is 1.41. The predicted octanol–water partition coefficient (Wildman–Crippen LogP) is 6.56. The second kappa shape index (κ2) is 10.4. The van der Waals surface area contributed by atoms with Crippen LogP contribution in [-0.2, 0) is 16.1 Å². The van der Waals surface area contributed by atoms with E-state index < -0.39 is 11.9 Å². The normalized spacial score (nSPS) is 16.0. The molecule has 4 aromatic rings. The fourth-order valence-corrected chi connectivity index (χ4v) is 5.71. The van der Waals surface area contributed by atoms with Gasteiger partial charge in [-0.05, 0) is 47.9 Å². The Kier molecular flexibility index (Phi) is 6.60. The number of esters is 1. The van der Waals surface area contributed by atoms with Crippen molar-refractivity contribution in [3.8, 4) is 11.5 Å². The Hall–Kier alpha value is -4.84. The summed E-state index contributed by atoms with van der Waals surface area (Å²) in [5.74, 6) is -0.0884. The molecule has 0 saturated heterocycles. The molecule has 1 aliphatic heterocycles. The van der Waals surface area contributed by atoms with E-state index in [4.69, 9.17) is 14.2 Å². The van der Waals surface area contributed by atoms with E-state index in [1.807, 2.05) is 74.5 Å². The fraction of sp³-hybridized carbons (Fsp3) is 0.176. The molecule has 0 saturated carbocycles. The molecule has 2 aliphatic rings. The van der Waals surface area contributed by atoms with Gasteiger partial charge in [-0.15, -0.1) is 0 Å². The number of fused-ring (bicyclic) bond motifs is 3. The summed E-state index contributed by atoms with van der Waals surface area (Å²) in [6, 6.07) is 27.5. The summed E-state index contributed by atoms with van der Waals surface area (Å²) in [4.78, 5) is 26.8. The number of ketones is 1. The molecule has 1 atom stereocenters. The Morgan fingerprint density at radius 3 is 2.42 bits per heavy atom. The van der Waals surface area contributed by atoms with Crippen LogP contribution in [0.2, 0.25) is 0 Å². The minimum Gasteiger partial charge on any atom is -0.490 e. The molecule has 0 radical (unpaired) electrons. The predicted molar refractivity (Wildman–Crippen MR) is 154 cm³/mol. The van der Waals surface area contributed by atoms with E-state index >= 15 is 0 Å². The Bertz CT molecular complexity index is 1730. The van der Waals surface area contributed by atoms with Crippen LogP contribution in [0.5, 0.6) is 11.5 Å². The largest absolute Gasteiger partial charge is 0.490 e. The van der Waals surface area contributed by atoms with Gasteiger partial charge < -0.3 is 19.5 Å². The van der Waals surface area contributed by atoms with Crippen LogP contribution in [0.15, 0.2) is 102 Å². The molecule has 6 nitrogen and oxygen atoms in total. The number of ether oxygens (including phenoxy) is 3. The number of dihydropyridines is 1. The molecular formula is C34H29NO5. The van der Waals surface area contributed by atoms with Crippen molar-refractivity contribution < 1.29 is 23.8 Å². The maximum atomic E-state index is 13.7. The minimum atomic E-state index is -0.630. The zero-order valence-electron chi connectivity index (χ0n) is 22.6. The lowest BCUT2D eigenvalue weighted by Gasteiger charge is -2.29. The summed E-state index contributed by atoms with van der Waals surface area (Å²) < 4.78 is 17.5. The zero-order chi connectivity index (χ0) is 27.8. The van der Waals surface area contributed by atoms with Crippen molar-refractivity contribution in [1.82, 2.24) is 5.32 Å². The molecule has 200 valence electrons. The maximum absolute atomic E-state index is 13.7. The first-order chi connectivity index (χ1) is 19.5. The van der Waals surface area contributed by atoms with Gasteiger partial charge in [0, 0.05) is 28.3 Å². The Morgan fingerprint density at radius 1 is 0.875 bits per heavy atom. The number of benzene rings is 4. The lowest BCUT2D eigenvalue weighted by molar-refractivity contribution is -0.136. The number of nitrogens with one attached hydrogen (secondary N) is 1. The van der Waals surface area contributed by atoms with Gasteiger partial charge in [-0.1, -0.05) is 72.8 Å². The van der Waals surface area contributed by atoms with Crippen molar-refractivity contribution in [1.29, 1.82) is 0 Å². The van der Waals surface area contributed by atoms with Gasteiger partial charge in [0.25, 0.3) is 0 Å². The lowest BCUT2D eigenvalue weighted by atomic mass is 9.79. The highest BCUT2D eigenvalue weighted by Gasteiger charge is 2.43. The fourth-order valence-electron chi connectivity index (χ4n) is 5.71. The summed E-state index contributed by atoms with van der Waals surface area (Å²) in [5.41, 5.74) is 5.56. The number of Topliss-reactive ketones (excluding diaryl/α,β-unsaturated/α-hetero) is 1. The number of allylic oxidation sites excluding steroid dienone is 2. The van der Waals surface area contributed by atoms with Crippen molar-refractivity contribution in [3.05, 3.63) is 124 Å². The van der Waals surface area contributed by atoms with Gasteiger partial charge in [0.1, 0.15) is 6.61 Å². The van der Waals surface area contributed by atoms with Crippen LogP contribution in [-0.4, -0.2) is 25.5 Å². The molecule has 40 heavy (non-hydrogen) atoms. The number of hydrogen-bond donors (Lipinski definition) is 1. The quantitative estimate of drug-likeness (QED) is 0.272. The zero-order valence-corrected chi connectivity index (χ0v) is 22.6. The van der Waals surface area contributed by atoms with Crippen LogP contribution < -0.4 is 14.8 Å². The average molecular weight is 532 g/mol. The van der Waals surface area contributed by atoms with Crippen LogP contribution in [0.1, 0.15) is 46.8 Å². The molecule has 6 heteroatoms. The van der Waals surface area contributed by atoms with Crippen LogP contribution in [0.4, 0.5) is 0 Å². The van der Waals surface area contributed by atoms with Gasteiger partial charge in [-0.3, -0.25) is 4.79 Å². The third kappa shape index (κ3) is 4.22. The van der Waals surface area contributed by atoms with Gasteiger partial charge in [-0.2, -0.15) is 0 Å². The van der Waals surface area contributed by atoms with E-state index in [2.05, 4.69) is 29.6 Å². The van der Waals surface area contributed by atoms with Gasteiger partial charge >= 0.3 is 5.97 Å². The van der Waals surface area contributed by atoms with Gasteiger partial charge in [0.15, 0.2) is 17.3 Å². The highest BCUT2D eigenvalue weighted by molar-refractivity contribution is 6.23. The van der Waals surface area contributed by atoms with Crippen LogP contribution in [0.25, 0.3) is 16.5 Å². The molecule has 1 heterocycles. The average Bonchev–Trinajstić information content (AvgIpc) is 3.26. The van der Waals surface area contributed by atoms with Crippen molar-refractivity contribution in [2.24, 2.45) is 0 Å². The monoisotopic (exact) mass is 531 g/mol. The summed E-state index contributed by atoms with van der Waals surface area (Å²) in [6.45, 7) is 4.54. The third-order valence-corrected chi connectivity index (χ3v) is 7.52. The number of rotatable bonds is 7. The molecule has 0 unspecified atom stereocenters. The van der Waals surface area contributed by atoms with Crippen molar-refractivity contribution in [2.45, 2.75) is 26.4 Å². The van der Waals surface area contributed by atoms with Crippen LogP contribution in [0.3, 0.4) is 0 Å². The molecule has 4 aromatic carbocycles. The molecule has 6 rings (SSSR count). The SMILES string of the molecule is CCOc1cc([C@H]2C(C(=O)OC)=C(C)NC3=C2C(=O)c2ccccc23)ccc1OCc1cccc2ccccc12. The lowest BCUT2D eigenvalue weighted by Crippen LogP contribution is -2.29. The van der Waals surface area contributed by atoms with Crippen LogP contribution in [0, 0.1) is 0 Å². The van der Waals surface area contributed by atoms with Gasteiger partial charge in [0.2, 0.25) is 0 Å². The number of carbonyl (C=O) groups excluding carboxylic acids is 2. The highest BCUT2D eigenvalue weighted by atomic mass is 16.5. The van der Waals surface area contributed by atoms with Crippen molar-refractivity contribution in [2.75, 3.05) is 13.7 Å². The highest BCUT2D eigenvalue weighted by Crippen LogP contribution is 2.48. The van der Waals surface area contributed by atoms with E-state index in [0.29, 0.717) is 47.1 Å². The standard InChI is InChI=1S/C34H29NO5/c1-4-39-28-18-22(16-17-27(28)40-19-23-12-9-11-21-10-5-6-13-24(21)23)30-29(34(37)38-3)20(2)35-32-25-14-7-8-15-26(25)33(36)31(30)32/h5-18,30,35H,4,19H2,1-3H3/t30-/m0/s1. The van der Waals surface area contributed by atoms with E-state index in [1.54, 1.807) is 0 Å². The maximum Gasteiger partial charge on any atom is 0.336 e. The molecule has 0 amide bonds.